The lowest BCUT2D eigenvalue weighted by Crippen LogP contribution is -2.28. The van der Waals surface area contributed by atoms with Gasteiger partial charge in [-0.3, -0.25) is 9.78 Å². The van der Waals surface area contributed by atoms with Crippen LogP contribution >= 0.6 is 0 Å². The molecule has 90 valence electrons. The third-order valence-corrected chi connectivity index (χ3v) is 2.53. The highest BCUT2D eigenvalue weighted by Gasteiger charge is 2.09. The third-order valence-electron chi connectivity index (χ3n) is 2.53. The lowest BCUT2D eigenvalue weighted by atomic mass is 10.1. The fourth-order valence-electron chi connectivity index (χ4n) is 1.22. The van der Waals surface area contributed by atoms with Crippen LogP contribution in [0.5, 0.6) is 5.75 Å². The second-order valence-electron chi connectivity index (χ2n) is 3.76. The van der Waals surface area contributed by atoms with Gasteiger partial charge in [0.25, 0.3) is 0 Å². The number of amides is 1. The predicted molar refractivity (Wildman–Crippen MR) is 64.2 cm³/mol. The Bertz CT molecular complexity index is 358. The molecule has 0 aliphatic carbocycles. The van der Waals surface area contributed by atoms with Crippen LogP contribution in [0.2, 0.25) is 0 Å². The average Bonchev–Trinajstić information content (AvgIpc) is 2.35. The molecule has 1 heterocycles. The minimum Gasteiger partial charge on any atom is -0.495 e. The smallest absolute Gasteiger partial charge is 0.223 e. The topological polar surface area (TPSA) is 51.2 Å². The lowest BCUT2D eigenvalue weighted by Gasteiger charge is -2.10. The van der Waals surface area contributed by atoms with E-state index in [1.165, 1.54) is 0 Å². The molecular weight excluding hydrogens is 204 g/mol. The van der Waals surface area contributed by atoms with Gasteiger partial charge in [-0.05, 0) is 18.1 Å². The molecule has 1 unspecified atom stereocenters. The zero-order valence-corrected chi connectivity index (χ0v) is 9.99. The van der Waals surface area contributed by atoms with E-state index in [1.807, 2.05) is 19.9 Å². The first-order valence-electron chi connectivity index (χ1n) is 5.43. The van der Waals surface area contributed by atoms with Crippen molar-refractivity contribution in [2.24, 2.45) is 5.92 Å². The van der Waals surface area contributed by atoms with Gasteiger partial charge in [-0.25, -0.2) is 0 Å². The number of methoxy groups -OCH3 is 1. The molecule has 1 rings (SSSR count). The van der Waals surface area contributed by atoms with E-state index in [0.717, 1.165) is 12.0 Å². The molecule has 0 aliphatic heterocycles. The van der Waals surface area contributed by atoms with Gasteiger partial charge in [0.2, 0.25) is 5.91 Å². The third kappa shape index (κ3) is 3.53. The molecule has 0 bridgehead atoms. The highest BCUT2D eigenvalue weighted by Crippen LogP contribution is 2.10. The van der Waals surface area contributed by atoms with Crippen LogP contribution in [-0.2, 0) is 11.3 Å². The van der Waals surface area contributed by atoms with E-state index in [2.05, 4.69) is 10.3 Å². The molecule has 0 spiro atoms. The molecule has 16 heavy (non-hydrogen) atoms. The normalized spacial score (nSPS) is 11.9. The largest absolute Gasteiger partial charge is 0.495 e. The monoisotopic (exact) mass is 224 g/mol. The summed E-state index contributed by atoms with van der Waals surface area (Å²) in [5.41, 5.74) is 0.941. The number of carbonyl (C=O) groups is 1. The van der Waals surface area contributed by atoms with Crippen LogP contribution in [0.15, 0.2) is 18.5 Å². The summed E-state index contributed by atoms with van der Waals surface area (Å²) < 4.78 is 5.06. The number of nitrogens with zero attached hydrogens (tertiary/aromatic N) is 1. The zero-order chi connectivity index (χ0) is 12.0. The van der Waals surface area contributed by atoms with Gasteiger partial charge in [0.15, 0.2) is 0 Å². The summed E-state index contributed by atoms with van der Waals surface area (Å²) in [7, 11) is 1.60. The standard InChI is InChI=1S/C12H18N2O2.H2/c1-4-9(2)12(15)14-7-10-5-11(16-3)8-13-6-10;/h5-6,8-9H,4,7H2,1-3H3,(H,14,15);1H. The second-order valence-corrected chi connectivity index (χ2v) is 3.76. The van der Waals surface area contributed by atoms with E-state index >= 15 is 0 Å². The predicted octanol–water partition coefficient (Wildman–Crippen LogP) is 2.00. The summed E-state index contributed by atoms with van der Waals surface area (Å²) in [4.78, 5) is 15.6. The van der Waals surface area contributed by atoms with Crippen molar-refractivity contribution >= 4 is 5.91 Å². The molecule has 1 N–H and O–H groups in total. The molecule has 0 saturated heterocycles. The molecule has 4 heteroatoms. The maximum Gasteiger partial charge on any atom is 0.223 e. The van der Waals surface area contributed by atoms with E-state index < -0.39 is 0 Å². The Hall–Kier alpha value is -1.58. The van der Waals surface area contributed by atoms with Crippen molar-refractivity contribution in [3.63, 3.8) is 0 Å². The van der Waals surface area contributed by atoms with Crippen LogP contribution in [0.1, 0.15) is 27.3 Å². The van der Waals surface area contributed by atoms with Crippen molar-refractivity contribution in [2.75, 3.05) is 7.11 Å². The Kier molecular flexibility index (Phi) is 4.76. The molecule has 0 aliphatic rings. The highest BCUT2D eigenvalue weighted by molar-refractivity contribution is 5.78. The molecular formula is C12H20N2O2. The van der Waals surface area contributed by atoms with Crippen molar-refractivity contribution in [2.45, 2.75) is 26.8 Å². The lowest BCUT2D eigenvalue weighted by molar-refractivity contribution is -0.124. The zero-order valence-electron chi connectivity index (χ0n) is 9.99. The molecule has 1 atom stereocenters. The first-order valence-corrected chi connectivity index (χ1v) is 5.43. The SMILES string of the molecule is CCC(C)C(=O)NCc1cncc(OC)c1.[HH]. The van der Waals surface area contributed by atoms with Gasteiger partial charge in [0.1, 0.15) is 5.75 Å². The Morgan fingerprint density at radius 3 is 3.00 bits per heavy atom. The maximum absolute atomic E-state index is 11.5. The van der Waals surface area contributed by atoms with Crippen molar-refractivity contribution < 1.29 is 11.0 Å². The van der Waals surface area contributed by atoms with Crippen LogP contribution < -0.4 is 10.1 Å². The fraction of sp³-hybridized carbons (Fsp3) is 0.500. The fourth-order valence-corrected chi connectivity index (χ4v) is 1.22. The van der Waals surface area contributed by atoms with E-state index in [-0.39, 0.29) is 13.3 Å². The van der Waals surface area contributed by atoms with Crippen LogP contribution in [0.4, 0.5) is 0 Å². The van der Waals surface area contributed by atoms with Gasteiger partial charge in [0, 0.05) is 20.1 Å². The van der Waals surface area contributed by atoms with Gasteiger partial charge in [-0.15, -0.1) is 0 Å². The number of nitrogens with one attached hydrogen (secondary N) is 1. The Balaban J connectivity index is 0.00000256. The number of hydrogen-bond acceptors (Lipinski definition) is 3. The number of carbonyl (C=O) groups excluding carboxylic acids is 1. The van der Waals surface area contributed by atoms with Crippen LogP contribution in [-0.4, -0.2) is 18.0 Å². The van der Waals surface area contributed by atoms with Crippen molar-refractivity contribution in [1.29, 1.82) is 0 Å². The molecule has 1 amide bonds. The molecule has 1 aromatic rings. The summed E-state index contributed by atoms with van der Waals surface area (Å²) >= 11 is 0. The second kappa shape index (κ2) is 6.10. The van der Waals surface area contributed by atoms with E-state index in [1.54, 1.807) is 19.5 Å². The molecule has 0 aromatic carbocycles. The molecule has 0 radical (unpaired) electrons. The van der Waals surface area contributed by atoms with Crippen molar-refractivity contribution in [3.8, 4) is 5.75 Å². The summed E-state index contributed by atoms with van der Waals surface area (Å²) in [6, 6.07) is 1.86. The summed E-state index contributed by atoms with van der Waals surface area (Å²) in [6.45, 7) is 4.41. The maximum atomic E-state index is 11.5. The van der Waals surface area contributed by atoms with E-state index in [4.69, 9.17) is 4.74 Å². The number of rotatable bonds is 5. The van der Waals surface area contributed by atoms with Gasteiger partial charge in [0.05, 0.1) is 13.3 Å². The number of aromatic nitrogens is 1. The quantitative estimate of drug-likeness (QED) is 0.832. The minimum absolute atomic E-state index is 0. The summed E-state index contributed by atoms with van der Waals surface area (Å²) in [6.07, 6.45) is 4.21. The highest BCUT2D eigenvalue weighted by atomic mass is 16.5. The van der Waals surface area contributed by atoms with E-state index in [0.29, 0.717) is 12.3 Å². The van der Waals surface area contributed by atoms with Crippen molar-refractivity contribution in [1.82, 2.24) is 10.3 Å². The minimum atomic E-state index is 0. The Morgan fingerprint density at radius 1 is 1.62 bits per heavy atom. The van der Waals surface area contributed by atoms with Gasteiger partial charge < -0.3 is 10.1 Å². The van der Waals surface area contributed by atoms with E-state index in [9.17, 15) is 4.79 Å². The Morgan fingerprint density at radius 2 is 2.38 bits per heavy atom. The van der Waals surface area contributed by atoms with Crippen LogP contribution in [0.25, 0.3) is 0 Å². The van der Waals surface area contributed by atoms with Crippen LogP contribution in [0, 0.1) is 5.92 Å². The number of hydrogen-bond donors (Lipinski definition) is 1. The first-order chi connectivity index (χ1) is 7.67. The number of ether oxygens (including phenoxy) is 1. The summed E-state index contributed by atoms with van der Waals surface area (Å²) in [5.74, 6) is 0.833. The molecule has 1 aromatic heterocycles. The van der Waals surface area contributed by atoms with Gasteiger partial charge in [-0.1, -0.05) is 13.8 Å². The van der Waals surface area contributed by atoms with Crippen LogP contribution in [0.3, 0.4) is 0 Å². The van der Waals surface area contributed by atoms with Gasteiger partial charge in [-0.2, -0.15) is 0 Å². The number of pyridine rings is 1. The summed E-state index contributed by atoms with van der Waals surface area (Å²) in [5, 5.41) is 2.87. The van der Waals surface area contributed by atoms with Crippen molar-refractivity contribution in [3.05, 3.63) is 24.0 Å². The average molecular weight is 224 g/mol. The molecule has 4 nitrogen and oxygen atoms in total. The first kappa shape index (κ1) is 12.5. The molecule has 0 saturated carbocycles. The molecule has 0 fully saturated rings. The van der Waals surface area contributed by atoms with Gasteiger partial charge >= 0.3 is 0 Å². The Labute approximate surface area is 97.5 Å².